The van der Waals surface area contributed by atoms with Crippen LogP contribution in [-0.2, 0) is 21.7 Å². The summed E-state index contributed by atoms with van der Waals surface area (Å²) in [4.78, 5) is 4.62. The largest absolute Gasteiger partial charge is 0.310 e. The molecule has 0 amide bonds. The van der Waals surface area contributed by atoms with E-state index in [0.29, 0.717) is 6.04 Å². The minimum Gasteiger partial charge on any atom is -0.310 e. The van der Waals surface area contributed by atoms with Crippen molar-refractivity contribution in [2.24, 2.45) is 0 Å². The van der Waals surface area contributed by atoms with Gasteiger partial charge in [0.1, 0.15) is 0 Å². The maximum Gasteiger partial charge on any atom is 0.0645 e. The lowest BCUT2D eigenvalue weighted by atomic mass is 9.78. The highest BCUT2D eigenvalue weighted by Crippen LogP contribution is 2.43. The van der Waals surface area contributed by atoms with Gasteiger partial charge < -0.3 is 9.80 Å². The van der Waals surface area contributed by atoms with Gasteiger partial charge in [-0.1, -0.05) is 155 Å². The summed E-state index contributed by atoms with van der Waals surface area (Å²) >= 11 is 0. The van der Waals surface area contributed by atoms with E-state index in [0.717, 1.165) is 45.3 Å². The molecular weight excluding hydrogens is 653 g/mol. The summed E-state index contributed by atoms with van der Waals surface area (Å²) in [7, 11) is 0. The average Bonchev–Trinajstić information content (AvgIpc) is 3.12. The first-order valence-electron chi connectivity index (χ1n) is 19.9. The van der Waals surface area contributed by atoms with Gasteiger partial charge in [-0.25, -0.2) is 0 Å². The van der Waals surface area contributed by atoms with Crippen molar-refractivity contribution in [2.45, 2.75) is 105 Å². The van der Waals surface area contributed by atoms with E-state index >= 15 is 0 Å². The van der Waals surface area contributed by atoms with E-state index in [-0.39, 0.29) is 21.7 Å². The van der Waals surface area contributed by atoms with Crippen LogP contribution < -0.4 is 9.80 Å². The third kappa shape index (κ3) is 8.34. The Labute approximate surface area is 327 Å². The molecule has 6 aromatic carbocycles. The molecule has 0 aliphatic rings. The van der Waals surface area contributed by atoms with Crippen LogP contribution >= 0.6 is 0 Å². The van der Waals surface area contributed by atoms with Crippen molar-refractivity contribution in [3.05, 3.63) is 179 Å². The molecule has 2 heteroatoms. The number of nitrogens with zero attached hydrogens (tertiary/aromatic N) is 2. The molecule has 0 saturated heterocycles. The van der Waals surface area contributed by atoms with E-state index in [2.05, 4.69) is 232 Å². The second-order valence-corrected chi connectivity index (χ2v) is 18.5. The lowest BCUT2D eigenvalue weighted by Crippen LogP contribution is -2.19. The molecule has 54 heavy (non-hydrogen) atoms. The summed E-state index contributed by atoms with van der Waals surface area (Å²) in [6.07, 6.45) is 0. The molecule has 278 valence electrons. The van der Waals surface area contributed by atoms with Crippen LogP contribution in [0.1, 0.15) is 111 Å². The number of benzene rings is 6. The minimum atomic E-state index is -0.253. The molecule has 0 saturated carbocycles. The Morgan fingerprint density at radius 1 is 0.352 bits per heavy atom. The quantitative estimate of drug-likeness (QED) is 0.155. The molecule has 2 nitrogen and oxygen atoms in total. The molecule has 0 spiro atoms. The van der Waals surface area contributed by atoms with E-state index in [1.54, 1.807) is 0 Å². The molecule has 0 heterocycles. The number of rotatable bonds is 8. The fourth-order valence-electron chi connectivity index (χ4n) is 7.17. The lowest BCUT2D eigenvalue weighted by Gasteiger charge is -2.32. The SMILES string of the molecule is [2H]c1cc(C(C)(C)c2ccccc2)ccc1N(c1ccc(C(C)(C)C)cc1)c1cc(C)cc(N(c2ccc(C(C)(C)C)cc2)c2ccc(C(C)(C)C)cc2)c1. The molecule has 0 aromatic heterocycles. The maximum absolute atomic E-state index is 9.57. The number of anilines is 6. The summed E-state index contributed by atoms with van der Waals surface area (Å²) < 4.78 is 9.57. The Hall–Kier alpha value is -5.08. The van der Waals surface area contributed by atoms with Gasteiger partial charge >= 0.3 is 0 Å². The van der Waals surface area contributed by atoms with Crippen LogP contribution in [-0.4, -0.2) is 0 Å². The molecule has 0 aliphatic carbocycles. The summed E-state index contributed by atoms with van der Waals surface area (Å²) in [5.41, 5.74) is 13.4. The topological polar surface area (TPSA) is 6.48 Å². The number of aryl methyl sites for hydroxylation is 1. The van der Waals surface area contributed by atoms with Gasteiger partial charge in [0, 0.05) is 39.5 Å². The van der Waals surface area contributed by atoms with E-state index in [4.69, 9.17) is 0 Å². The fraction of sp³-hybridized carbons (Fsp3) is 0.308. The lowest BCUT2D eigenvalue weighted by molar-refractivity contribution is 0.590. The minimum absolute atomic E-state index is 0.0245. The van der Waals surface area contributed by atoms with Gasteiger partial charge in [-0.05, 0) is 123 Å². The first kappa shape index (κ1) is 37.2. The highest BCUT2D eigenvalue weighted by Gasteiger charge is 2.25. The zero-order chi connectivity index (χ0) is 39.9. The molecule has 0 N–H and O–H groups in total. The second kappa shape index (κ2) is 14.6. The molecule has 0 bridgehead atoms. The molecule has 0 radical (unpaired) electrons. The third-order valence-electron chi connectivity index (χ3n) is 10.8. The van der Waals surface area contributed by atoms with Crippen molar-refractivity contribution >= 4 is 34.1 Å². The van der Waals surface area contributed by atoms with Crippen LogP contribution in [0.4, 0.5) is 34.1 Å². The molecule has 0 aliphatic heterocycles. The van der Waals surface area contributed by atoms with Gasteiger partial charge in [-0.15, -0.1) is 0 Å². The standard InChI is InChI=1S/C52H60N2/c1-37-34-47(53(43-26-18-38(19-27-43)49(2,3)4)44-28-20-39(21-29-44)50(5,6)7)36-48(35-37)54(45-30-22-40(23-31-45)51(8,9)10)46-32-24-42(25-33-46)52(11,12)41-16-14-13-15-17-41/h13-36H,1-12H3/i32D. The normalized spacial score (nSPS) is 12.7. The van der Waals surface area contributed by atoms with Gasteiger partial charge in [0.15, 0.2) is 0 Å². The van der Waals surface area contributed by atoms with Crippen LogP contribution in [0.2, 0.25) is 0 Å². The molecule has 6 rings (SSSR count). The monoisotopic (exact) mass is 713 g/mol. The third-order valence-corrected chi connectivity index (χ3v) is 10.8. The smallest absolute Gasteiger partial charge is 0.0645 e. The summed E-state index contributed by atoms with van der Waals surface area (Å²) in [6, 6.07) is 51.2. The van der Waals surface area contributed by atoms with Gasteiger partial charge in [0.05, 0.1) is 1.37 Å². The highest BCUT2D eigenvalue weighted by molar-refractivity contribution is 5.84. The Bertz CT molecular complexity index is 2170. The van der Waals surface area contributed by atoms with Crippen molar-refractivity contribution in [1.29, 1.82) is 0 Å². The van der Waals surface area contributed by atoms with Crippen molar-refractivity contribution < 1.29 is 1.37 Å². The van der Waals surface area contributed by atoms with Crippen LogP contribution in [0.5, 0.6) is 0 Å². The van der Waals surface area contributed by atoms with Gasteiger partial charge in [-0.2, -0.15) is 0 Å². The van der Waals surface area contributed by atoms with Gasteiger partial charge in [-0.3, -0.25) is 0 Å². The molecule has 6 aromatic rings. The van der Waals surface area contributed by atoms with E-state index in [1.807, 2.05) is 0 Å². The molecule has 0 fully saturated rings. The van der Waals surface area contributed by atoms with E-state index in [9.17, 15) is 1.37 Å². The van der Waals surface area contributed by atoms with Gasteiger partial charge in [0.25, 0.3) is 0 Å². The van der Waals surface area contributed by atoms with Crippen LogP contribution in [0.3, 0.4) is 0 Å². The maximum atomic E-state index is 9.57. The van der Waals surface area contributed by atoms with Crippen molar-refractivity contribution in [3.8, 4) is 0 Å². The molecule has 0 atom stereocenters. The zero-order valence-electron chi connectivity index (χ0n) is 35.7. The van der Waals surface area contributed by atoms with Crippen LogP contribution in [0.15, 0.2) is 146 Å². The Morgan fingerprint density at radius 3 is 1.06 bits per heavy atom. The van der Waals surface area contributed by atoms with Crippen molar-refractivity contribution in [2.75, 3.05) is 9.80 Å². The zero-order valence-corrected chi connectivity index (χ0v) is 34.7. The predicted molar refractivity (Wildman–Crippen MR) is 235 cm³/mol. The first-order chi connectivity index (χ1) is 25.7. The predicted octanol–water partition coefficient (Wildman–Crippen LogP) is 15.2. The Kier molecular flexibility index (Phi) is 10.1. The summed E-state index contributed by atoms with van der Waals surface area (Å²) in [5.74, 6) is 0. The average molecular weight is 714 g/mol. The van der Waals surface area contributed by atoms with Crippen LogP contribution in [0.25, 0.3) is 0 Å². The summed E-state index contributed by atoms with van der Waals surface area (Å²) in [5, 5.41) is 0. The second-order valence-electron chi connectivity index (χ2n) is 18.5. The van der Waals surface area contributed by atoms with Crippen LogP contribution in [0, 0.1) is 6.92 Å². The number of hydrogen-bond donors (Lipinski definition) is 0. The Morgan fingerprint density at radius 2 is 0.685 bits per heavy atom. The number of hydrogen-bond acceptors (Lipinski definition) is 2. The van der Waals surface area contributed by atoms with Gasteiger partial charge in [0.2, 0.25) is 0 Å². The molecular formula is C52H60N2. The highest BCUT2D eigenvalue weighted by atomic mass is 15.2. The Balaban J connectivity index is 1.53. The summed E-state index contributed by atoms with van der Waals surface area (Å²) in [6.45, 7) is 27.0. The van der Waals surface area contributed by atoms with Crippen molar-refractivity contribution in [3.63, 3.8) is 0 Å². The fourth-order valence-corrected chi connectivity index (χ4v) is 7.17. The van der Waals surface area contributed by atoms with E-state index < -0.39 is 0 Å². The van der Waals surface area contributed by atoms with Crippen molar-refractivity contribution in [1.82, 2.24) is 0 Å². The van der Waals surface area contributed by atoms with E-state index in [1.165, 1.54) is 22.3 Å². The molecule has 0 unspecified atom stereocenters. The first-order valence-corrected chi connectivity index (χ1v) is 19.4.